The zero-order valence-corrected chi connectivity index (χ0v) is 25.9. The number of ether oxygens (including phenoxy) is 3. The average Bonchev–Trinajstić information content (AvgIpc) is 2.93. The largest absolute Gasteiger partial charge is 0.455 e. The molecule has 0 radical (unpaired) electrons. The van der Waals surface area contributed by atoms with Gasteiger partial charge in [0.25, 0.3) is 0 Å². The number of carbonyl (C=O) groups is 3. The lowest BCUT2D eigenvalue weighted by Gasteiger charge is -2.60. The molecule has 2 aliphatic carbocycles. The molecular weight excluding hydrogens is 524 g/mol. The summed E-state index contributed by atoms with van der Waals surface area (Å²) in [5, 5.41) is 23.8. The van der Waals surface area contributed by atoms with Gasteiger partial charge in [0.2, 0.25) is 0 Å². The fourth-order valence-electron chi connectivity index (χ4n) is 6.83. The number of fused-ring (bicyclic) bond motifs is 2. The van der Waals surface area contributed by atoms with Crippen LogP contribution < -0.4 is 0 Å². The maximum Gasteiger partial charge on any atom is 0.338 e. The first-order valence-electron chi connectivity index (χ1n) is 14.6. The van der Waals surface area contributed by atoms with E-state index in [0.29, 0.717) is 28.7 Å². The summed E-state index contributed by atoms with van der Waals surface area (Å²) in [6.45, 7) is 15.9. The van der Waals surface area contributed by atoms with Gasteiger partial charge >= 0.3 is 11.9 Å². The second-order valence-corrected chi connectivity index (χ2v) is 11.8. The second kappa shape index (κ2) is 12.2. The van der Waals surface area contributed by atoms with Crippen LogP contribution in [0.5, 0.6) is 0 Å². The van der Waals surface area contributed by atoms with E-state index in [1.165, 1.54) is 6.92 Å². The maximum absolute atomic E-state index is 14.0. The van der Waals surface area contributed by atoms with E-state index in [9.17, 15) is 24.6 Å². The third-order valence-corrected chi connectivity index (χ3v) is 9.21. The third kappa shape index (κ3) is 5.30. The molecule has 8 nitrogen and oxygen atoms in total. The summed E-state index contributed by atoms with van der Waals surface area (Å²) in [4.78, 5) is 40.1. The molecule has 4 rings (SSSR count). The van der Waals surface area contributed by atoms with Gasteiger partial charge in [0.05, 0.1) is 24.2 Å². The number of hydrogen-bond acceptors (Lipinski definition) is 8. The predicted molar refractivity (Wildman–Crippen MR) is 155 cm³/mol. The lowest BCUT2D eigenvalue weighted by Crippen LogP contribution is -2.73. The van der Waals surface area contributed by atoms with Crippen LogP contribution >= 0.6 is 0 Å². The highest BCUT2D eigenvalue weighted by atomic mass is 16.6. The maximum atomic E-state index is 14.0. The van der Waals surface area contributed by atoms with Gasteiger partial charge < -0.3 is 24.4 Å². The van der Waals surface area contributed by atoms with Gasteiger partial charge in [-0.3, -0.25) is 9.59 Å². The fraction of sp³-hybridized carbons (Fsp3) is 0.606. The van der Waals surface area contributed by atoms with Gasteiger partial charge in [0, 0.05) is 24.3 Å². The van der Waals surface area contributed by atoms with Crippen molar-refractivity contribution >= 4 is 17.7 Å². The number of Topliss-reactive ketones (excluding diaryl/α,β-unsaturated/α-hetero) is 1. The first-order valence-corrected chi connectivity index (χ1v) is 14.6. The van der Waals surface area contributed by atoms with E-state index < -0.39 is 52.8 Å². The average molecular weight is 571 g/mol. The minimum atomic E-state index is -1.90. The highest BCUT2D eigenvalue weighted by Gasteiger charge is 2.68. The summed E-state index contributed by atoms with van der Waals surface area (Å²) in [7, 11) is 0. The van der Waals surface area contributed by atoms with Crippen molar-refractivity contribution in [1.82, 2.24) is 0 Å². The molecular formula is C33H46O8. The highest BCUT2D eigenvalue weighted by Crippen LogP contribution is 2.58. The number of aliphatic hydroxyl groups excluding tert-OH is 1. The van der Waals surface area contributed by atoms with Crippen molar-refractivity contribution in [2.24, 2.45) is 11.3 Å². The lowest BCUT2D eigenvalue weighted by molar-refractivity contribution is -0.294. The van der Waals surface area contributed by atoms with Crippen molar-refractivity contribution in [2.45, 2.75) is 111 Å². The van der Waals surface area contributed by atoms with Crippen molar-refractivity contribution in [2.75, 3.05) is 6.61 Å². The Hall–Kier alpha value is -2.81. The number of ketones is 1. The third-order valence-electron chi connectivity index (χ3n) is 9.21. The molecule has 0 amide bonds. The zero-order chi connectivity index (χ0) is 30.9. The van der Waals surface area contributed by atoms with Crippen LogP contribution in [0.4, 0.5) is 0 Å². The first kappa shape index (κ1) is 32.7. The van der Waals surface area contributed by atoms with Crippen LogP contribution in [-0.2, 0) is 23.8 Å². The number of benzene rings is 1. The molecule has 1 saturated heterocycles. The smallest absolute Gasteiger partial charge is 0.338 e. The van der Waals surface area contributed by atoms with Crippen LogP contribution in [0.2, 0.25) is 0 Å². The Morgan fingerprint density at radius 2 is 1.68 bits per heavy atom. The summed E-state index contributed by atoms with van der Waals surface area (Å²) in [6.07, 6.45) is -1.85. The first-order chi connectivity index (χ1) is 19.2. The van der Waals surface area contributed by atoms with Crippen LogP contribution in [0, 0.1) is 11.3 Å². The molecule has 226 valence electrons. The normalized spacial score (nSPS) is 34.4. The van der Waals surface area contributed by atoms with Crippen LogP contribution in [0.15, 0.2) is 52.6 Å². The van der Waals surface area contributed by atoms with Crippen LogP contribution in [-0.4, -0.2) is 64.1 Å². The molecule has 0 saturated carbocycles. The molecule has 1 heterocycles. The Morgan fingerprint density at radius 1 is 1.07 bits per heavy atom. The van der Waals surface area contributed by atoms with Crippen molar-refractivity contribution < 1.29 is 38.8 Å². The minimum absolute atomic E-state index is 0.0148. The van der Waals surface area contributed by atoms with E-state index in [0.717, 1.165) is 6.42 Å². The van der Waals surface area contributed by atoms with Gasteiger partial charge in [0.1, 0.15) is 17.8 Å². The quantitative estimate of drug-likeness (QED) is 0.453. The molecule has 1 fully saturated rings. The van der Waals surface area contributed by atoms with Crippen LogP contribution in [0.25, 0.3) is 0 Å². The molecule has 0 unspecified atom stereocenters. The van der Waals surface area contributed by atoms with E-state index in [4.69, 9.17) is 14.2 Å². The summed E-state index contributed by atoms with van der Waals surface area (Å²) in [5.41, 5.74) is -2.39. The topological polar surface area (TPSA) is 119 Å². The zero-order valence-electron chi connectivity index (χ0n) is 25.9. The summed E-state index contributed by atoms with van der Waals surface area (Å²) in [6, 6.07) is 8.44. The molecule has 8 heteroatoms. The number of rotatable bonds is 6. The molecule has 1 aliphatic heterocycles. The van der Waals surface area contributed by atoms with Gasteiger partial charge in [-0.1, -0.05) is 64.8 Å². The highest BCUT2D eigenvalue weighted by molar-refractivity contribution is 6.10. The van der Waals surface area contributed by atoms with Crippen LogP contribution in [0.1, 0.15) is 91.9 Å². The Kier molecular flexibility index (Phi) is 9.73. The monoisotopic (exact) mass is 570 g/mol. The number of carbonyl (C=O) groups excluding carboxylic acids is 3. The molecule has 3 aliphatic rings. The van der Waals surface area contributed by atoms with Gasteiger partial charge in [-0.2, -0.15) is 0 Å². The number of esters is 2. The van der Waals surface area contributed by atoms with Gasteiger partial charge in [-0.25, -0.2) is 4.79 Å². The molecule has 1 aromatic carbocycles. The molecule has 0 spiro atoms. The van der Waals surface area contributed by atoms with E-state index >= 15 is 0 Å². The number of aliphatic hydroxyl groups is 2. The van der Waals surface area contributed by atoms with E-state index in [1.807, 2.05) is 20.8 Å². The summed E-state index contributed by atoms with van der Waals surface area (Å²) in [5.74, 6) is -2.42. The van der Waals surface area contributed by atoms with Crippen molar-refractivity contribution in [3.63, 3.8) is 0 Å². The Balaban J connectivity index is 0.00000226. The Labute approximate surface area is 243 Å². The van der Waals surface area contributed by atoms with Gasteiger partial charge in [0.15, 0.2) is 11.4 Å². The minimum Gasteiger partial charge on any atom is -0.455 e. The molecule has 0 aromatic heterocycles. The number of allylic oxidation sites excluding steroid dienone is 1. The summed E-state index contributed by atoms with van der Waals surface area (Å²) < 4.78 is 18.2. The molecule has 6 atom stereocenters. The predicted octanol–water partition coefficient (Wildman–Crippen LogP) is 5.11. The second-order valence-electron chi connectivity index (χ2n) is 11.8. The van der Waals surface area contributed by atoms with Crippen molar-refractivity contribution in [3.8, 4) is 0 Å². The molecule has 2 bridgehead atoms. The van der Waals surface area contributed by atoms with E-state index in [-0.39, 0.29) is 24.4 Å². The standard InChI is InChI=1S/C31H40O8.C2H6/c1-8-12-23-30(16-37-23,39-20(5)32)25-17(2)18(3)26(34)24-19(4)22(33)15-31(36,29(24,6)7)27(25)38-28(35)21-13-10-9-11-14-21;1-2/h9-11,13-14,22-23,25,27,33,36H,8,12,15-16H2,1-7H3;1-2H3/b18-17-;/t22-,23+,25+,27-,30-,31+;/m0./s1. The SMILES string of the molecule is CC.CCC[C@H]1OC[C@@]1(OC(C)=O)[C@@H]1/C(C)=C(/C)C(=O)C2=C(C)[C@@H](O)C[C@@](O)([C@H]1OC(=O)c1ccccc1)C2(C)C. The Bertz CT molecular complexity index is 1230. The molecule has 1 aromatic rings. The number of hydrogen-bond donors (Lipinski definition) is 2. The van der Waals surface area contributed by atoms with Crippen molar-refractivity contribution in [3.05, 3.63) is 58.2 Å². The Morgan fingerprint density at radius 3 is 2.20 bits per heavy atom. The van der Waals surface area contributed by atoms with E-state index in [2.05, 4.69) is 0 Å². The fourth-order valence-corrected chi connectivity index (χ4v) is 6.83. The van der Waals surface area contributed by atoms with Gasteiger partial charge in [-0.15, -0.1) is 0 Å². The lowest BCUT2D eigenvalue weighted by atomic mass is 9.52. The van der Waals surface area contributed by atoms with Crippen LogP contribution in [0.3, 0.4) is 0 Å². The summed E-state index contributed by atoms with van der Waals surface area (Å²) >= 11 is 0. The molecule has 41 heavy (non-hydrogen) atoms. The van der Waals surface area contributed by atoms with Crippen molar-refractivity contribution in [1.29, 1.82) is 0 Å². The van der Waals surface area contributed by atoms with E-state index in [1.54, 1.807) is 65.0 Å². The van der Waals surface area contributed by atoms with Gasteiger partial charge in [-0.05, 0) is 50.5 Å². The molecule has 2 N–H and O–H groups in total.